The van der Waals surface area contributed by atoms with Crippen LogP contribution in [-0.2, 0) is 6.61 Å². The summed E-state index contributed by atoms with van der Waals surface area (Å²) in [7, 11) is 1.53. The number of hydrogen-bond donors (Lipinski definition) is 0. The molecule has 0 saturated heterocycles. The first-order valence-electron chi connectivity index (χ1n) is 8.73. The normalized spacial score (nSPS) is 11.1. The molecule has 0 unspecified atom stereocenters. The minimum Gasteiger partial charge on any atom is -0.493 e. The molecule has 7 heteroatoms. The van der Waals surface area contributed by atoms with E-state index in [1.165, 1.54) is 7.11 Å². The van der Waals surface area contributed by atoms with Crippen molar-refractivity contribution in [3.8, 4) is 17.6 Å². The molecule has 0 heterocycles. The minimum atomic E-state index is 0.198. The molecule has 0 saturated carbocycles. The maximum Gasteiger partial charge on any atom is 0.180 e. The summed E-state index contributed by atoms with van der Waals surface area (Å²) in [6, 6.07) is 18.4. The number of halogens is 4. The van der Waals surface area contributed by atoms with Gasteiger partial charge in [-0.1, -0.05) is 68.9 Å². The Kier molecular flexibility index (Phi) is 7.69. The third-order valence-corrected chi connectivity index (χ3v) is 5.62. The summed E-state index contributed by atoms with van der Waals surface area (Å²) in [5.41, 5.74) is 2.79. The van der Waals surface area contributed by atoms with Gasteiger partial charge in [-0.15, -0.1) is 0 Å². The zero-order valence-corrected chi connectivity index (χ0v) is 19.6. The molecular formula is C23H15BrCl3NO2. The predicted molar refractivity (Wildman–Crippen MR) is 126 cm³/mol. The molecule has 30 heavy (non-hydrogen) atoms. The number of nitriles is 1. The van der Waals surface area contributed by atoms with E-state index in [1.807, 2.05) is 24.3 Å². The molecule has 0 aliphatic heterocycles. The molecule has 0 N–H and O–H groups in total. The maximum atomic E-state index is 9.58. The highest BCUT2D eigenvalue weighted by Crippen LogP contribution is 2.38. The molecule has 0 spiro atoms. The van der Waals surface area contributed by atoms with Gasteiger partial charge in [0.1, 0.15) is 6.61 Å². The molecule has 0 aromatic heterocycles. The lowest BCUT2D eigenvalue weighted by molar-refractivity contribution is 0.285. The lowest BCUT2D eigenvalue weighted by Gasteiger charge is -2.14. The van der Waals surface area contributed by atoms with E-state index in [4.69, 9.17) is 44.3 Å². The number of methoxy groups -OCH3 is 1. The molecule has 0 aliphatic rings. The number of ether oxygens (including phenoxy) is 2. The van der Waals surface area contributed by atoms with E-state index in [0.29, 0.717) is 37.7 Å². The van der Waals surface area contributed by atoms with E-state index in [2.05, 4.69) is 22.0 Å². The molecule has 3 aromatic carbocycles. The summed E-state index contributed by atoms with van der Waals surface area (Å²) in [6.07, 6.45) is 1.75. The fraction of sp³-hybridized carbons (Fsp3) is 0.0870. The highest BCUT2D eigenvalue weighted by Gasteiger charge is 2.13. The van der Waals surface area contributed by atoms with Crippen molar-refractivity contribution in [3.05, 3.63) is 90.8 Å². The van der Waals surface area contributed by atoms with E-state index in [1.54, 1.807) is 36.4 Å². The first kappa shape index (κ1) is 22.5. The smallest absolute Gasteiger partial charge is 0.180 e. The van der Waals surface area contributed by atoms with Gasteiger partial charge in [-0.2, -0.15) is 5.26 Å². The number of allylic oxidation sites excluding steroid dienone is 1. The molecule has 0 atom stereocenters. The fourth-order valence-corrected chi connectivity index (χ4v) is 3.73. The van der Waals surface area contributed by atoms with Gasteiger partial charge >= 0.3 is 0 Å². The van der Waals surface area contributed by atoms with Gasteiger partial charge in [0.15, 0.2) is 11.5 Å². The molecule has 3 aromatic rings. The monoisotopic (exact) mass is 521 g/mol. The highest BCUT2D eigenvalue weighted by molar-refractivity contribution is 9.10. The fourth-order valence-electron chi connectivity index (χ4n) is 2.73. The molecule has 0 fully saturated rings. The molecule has 0 radical (unpaired) electrons. The lowest BCUT2D eigenvalue weighted by Crippen LogP contribution is -1.99. The van der Waals surface area contributed by atoms with Crippen LogP contribution in [0.5, 0.6) is 11.5 Å². The highest BCUT2D eigenvalue weighted by atomic mass is 79.9. The lowest BCUT2D eigenvalue weighted by atomic mass is 10.0. The van der Waals surface area contributed by atoms with Gasteiger partial charge < -0.3 is 9.47 Å². The van der Waals surface area contributed by atoms with Gasteiger partial charge in [-0.3, -0.25) is 0 Å². The van der Waals surface area contributed by atoms with Crippen LogP contribution in [0.1, 0.15) is 16.7 Å². The zero-order chi connectivity index (χ0) is 21.7. The average molecular weight is 524 g/mol. The van der Waals surface area contributed by atoms with Crippen LogP contribution in [0.3, 0.4) is 0 Å². The summed E-state index contributed by atoms with van der Waals surface area (Å²) >= 11 is 22.0. The van der Waals surface area contributed by atoms with Gasteiger partial charge in [0.25, 0.3) is 0 Å². The van der Waals surface area contributed by atoms with Crippen molar-refractivity contribution in [1.82, 2.24) is 0 Å². The molecule has 152 valence electrons. The Morgan fingerprint density at radius 3 is 2.40 bits per heavy atom. The SMILES string of the molecule is COc1cc(/C=C(/C#N)c2ccc(Br)cc2)cc(Cl)c1OCc1ccc(Cl)cc1Cl. The molecule has 0 amide bonds. The Bertz CT molecular complexity index is 1140. The standard InChI is InChI=1S/C23H15BrCl3NO2/c1-29-22-10-14(8-17(12-28)15-2-5-18(24)6-3-15)9-21(27)23(22)30-13-16-4-7-19(25)11-20(16)26/h2-11H,13H2,1H3/b17-8-. The van der Waals surface area contributed by atoms with Crippen LogP contribution in [0.2, 0.25) is 15.1 Å². The van der Waals surface area contributed by atoms with Crippen LogP contribution in [0.4, 0.5) is 0 Å². The summed E-state index contributed by atoms with van der Waals surface area (Å²) in [5, 5.41) is 11.0. The van der Waals surface area contributed by atoms with Crippen molar-refractivity contribution < 1.29 is 9.47 Å². The van der Waals surface area contributed by atoms with E-state index in [9.17, 15) is 5.26 Å². The largest absolute Gasteiger partial charge is 0.493 e. The van der Waals surface area contributed by atoms with Gasteiger partial charge in [0, 0.05) is 20.1 Å². The molecule has 3 nitrogen and oxygen atoms in total. The molecule has 0 bridgehead atoms. The van der Waals surface area contributed by atoms with Crippen LogP contribution in [-0.4, -0.2) is 7.11 Å². The van der Waals surface area contributed by atoms with Crippen molar-refractivity contribution in [2.45, 2.75) is 6.61 Å². The number of benzene rings is 3. The third-order valence-electron chi connectivity index (χ3n) is 4.23. The van der Waals surface area contributed by atoms with Crippen molar-refractivity contribution >= 4 is 62.4 Å². The number of nitrogens with zero attached hydrogens (tertiary/aromatic N) is 1. The summed E-state index contributed by atoms with van der Waals surface area (Å²) in [4.78, 5) is 0. The number of hydrogen-bond acceptors (Lipinski definition) is 3. The Balaban J connectivity index is 1.89. The van der Waals surface area contributed by atoms with Crippen LogP contribution >= 0.6 is 50.7 Å². The summed E-state index contributed by atoms with van der Waals surface area (Å²) in [5.74, 6) is 0.844. The van der Waals surface area contributed by atoms with Crippen molar-refractivity contribution in [2.24, 2.45) is 0 Å². The molecular weight excluding hydrogens is 509 g/mol. The second kappa shape index (κ2) is 10.2. The summed E-state index contributed by atoms with van der Waals surface area (Å²) < 4.78 is 12.3. The van der Waals surface area contributed by atoms with E-state index in [-0.39, 0.29) is 6.61 Å². The third kappa shape index (κ3) is 5.50. The Labute approximate surface area is 198 Å². The molecule has 0 aliphatic carbocycles. The topological polar surface area (TPSA) is 42.2 Å². The zero-order valence-electron chi connectivity index (χ0n) is 15.8. The maximum absolute atomic E-state index is 9.58. The van der Waals surface area contributed by atoms with E-state index in [0.717, 1.165) is 15.6 Å². The first-order valence-corrected chi connectivity index (χ1v) is 10.7. The van der Waals surface area contributed by atoms with Crippen LogP contribution < -0.4 is 9.47 Å². The first-order chi connectivity index (χ1) is 14.4. The Hall–Kier alpha value is -2.16. The molecule has 3 rings (SSSR count). The Morgan fingerprint density at radius 2 is 1.77 bits per heavy atom. The number of rotatable bonds is 6. The van der Waals surface area contributed by atoms with Crippen LogP contribution in [0.25, 0.3) is 11.6 Å². The van der Waals surface area contributed by atoms with Crippen LogP contribution in [0, 0.1) is 11.3 Å². The Morgan fingerprint density at radius 1 is 1.03 bits per heavy atom. The van der Waals surface area contributed by atoms with E-state index >= 15 is 0 Å². The second-order valence-corrected chi connectivity index (χ2v) is 8.40. The van der Waals surface area contributed by atoms with Gasteiger partial charge in [-0.05, 0) is 53.6 Å². The van der Waals surface area contributed by atoms with Gasteiger partial charge in [-0.25, -0.2) is 0 Å². The van der Waals surface area contributed by atoms with Crippen molar-refractivity contribution in [3.63, 3.8) is 0 Å². The van der Waals surface area contributed by atoms with Crippen LogP contribution in [0.15, 0.2) is 59.1 Å². The summed E-state index contributed by atoms with van der Waals surface area (Å²) in [6.45, 7) is 0.198. The van der Waals surface area contributed by atoms with Gasteiger partial charge in [0.2, 0.25) is 0 Å². The quantitative estimate of drug-likeness (QED) is 0.242. The van der Waals surface area contributed by atoms with Gasteiger partial charge in [0.05, 0.1) is 23.8 Å². The minimum absolute atomic E-state index is 0.198. The average Bonchev–Trinajstić information content (AvgIpc) is 2.72. The predicted octanol–water partition coefficient (Wildman–Crippen LogP) is 8.06. The van der Waals surface area contributed by atoms with E-state index < -0.39 is 0 Å². The second-order valence-electron chi connectivity index (χ2n) is 6.24. The van der Waals surface area contributed by atoms with Crippen molar-refractivity contribution in [1.29, 1.82) is 5.26 Å². The van der Waals surface area contributed by atoms with Crippen molar-refractivity contribution in [2.75, 3.05) is 7.11 Å².